The Morgan fingerprint density at radius 1 is 1.38 bits per heavy atom. The number of nitrogens with one attached hydrogen (secondary N) is 2. The molecule has 0 bridgehead atoms. The maximum absolute atomic E-state index is 5.50. The molecule has 1 atom stereocenters. The molecule has 1 unspecified atom stereocenters. The van der Waals surface area contributed by atoms with Crippen LogP contribution in [0, 0.1) is 6.92 Å². The molecule has 158 valence electrons. The predicted octanol–water partition coefficient (Wildman–Crippen LogP) is 2.25. The first kappa shape index (κ1) is 23.0. The third-order valence-electron chi connectivity index (χ3n) is 4.93. The Kier molecular flexibility index (Phi) is 8.74. The first-order valence-corrected chi connectivity index (χ1v) is 9.51. The van der Waals surface area contributed by atoms with Gasteiger partial charge in [-0.1, -0.05) is 18.2 Å². The third kappa shape index (κ3) is 5.84. The van der Waals surface area contributed by atoms with Crippen molar-refractivity contribution in [1.82, 2.24) is 25.4 Å². The highest BCUT2D eigenvalue weighted by molar-refractivity contribution is 14.0. The van der Waals surface area contributed by atoms with Gasteiger partial charge in [-0.25, -0.2) is 4.99 Å². The molecule has 0 amide bonds. The van der Waals surface area contributed by atoms with E-state index in [0.29, 0.717) is 19.1 Å². The maximum atomic E-state index is 5.50. The van der Waals surface area contributed by atoms with Gasteiger partial charge in [0.15, 0.2) is 11.8 Å². The fourth-order valence-corrected chi connectivity index (χ4v) is 3.24. The Morgan fingerprint density at radius 3 is 2.86 bits per heavy atom. The quantitative estimate of drug-likeness (QED) is 0.257. The van der Waals surface area contributed by atoms with Crippen LogP contribution in [0.5, 0.6) is 5.75 Å². The molecule has 0 aliphatic carbocycles. The lowest BCUT2D eigenvalue weighted by Crippen LogP contribution is -2.44. The minimum Gasteiger partial charge on any atom is -0.495 e. The van der Waals surface area contributed by atoms with Crippen molar-refractivity contribution in [2.24, 2.45) is 12.0 Å². The second-order valence-corrected chi connectivity index (χ2v) is 6.80. The fraction of sp³-hybridized carbons (Fsp3) is 0.450. The van der Waals surface area contributed by atoms with Crippen molar-refractivity contribution in [3.63, 3.8) is 0 Å². The third-order valence-corrected chi connectivity index (χ3v) is 4.93. The van der Waals surface area contributed by atoms with Gasteiger partial charge in [-0.15, -0.1) is 40.8 Å². The molecule has 1 aliphatic rings. The van der Waals surface area contributed by atoms with E-state index < -0.39 is 0 Å². The average molecular weight is 511 g/mol. The molecule has 2 heterocycles. The predicted molar refractivity (Wildman–Crippen MR) is 127 cm³/mol. The molecule has 1 aromatic heterocycles. The Labute approximate surface area is 189 Å². The van der Waals surface area contributed by atoms with Gasteiger partial charge in [-0.2, -0.15) is 0 Å². The topological polar surface area (TPSA) is 79.6 Å². The number of nitrogens with zero attached hydrogens (tertiary/aromatic N) is 5. The van der Waals surface area contributed by atoms with Crippen LogP contribution in [0.25, 0.3) is 0 Å². The number of para-hydroxylation sites is 2. The van der Waals surface area contributed by atoms with Crippen LogP contribution < -0.4 is 20.3 Å². The molecule has 29 heavy (non-hydrogen) atoms. The number of guanidine groups is 1. The summed E-state index contributed by atoms with van der Waals surface area (Å²) in [6.07, 6.45) is 2.84. The van der Waals surface area contributed by atoms with Gasteiger partial charge >= 0.3 is 0 Å². The minimum absolute atomic E-state index is 0. The summed E-state index contributed by atoms with van der Waals surface area (Å²) in [6.45, 7) is 8.67. The van der Waals surface area contributed by atoms with Crippen LogP contribution in [0.2, 0.25) is 0 Å². The Balaban J connectivity index is 0.00000300. The lowest BCUT2D eigenvalue weighted by molar-refractivity contribution is 0.415. The van der Waals surface area contributed by atoms with Crippen molar-refractivity contribution >= 4 is 35.6 Å². The van der Waals surface area contributed by atoms with E-state index in [1.54, 1.807) is 7.11 Å². The number of aryl methyl sites for hydroxylation is 1. The van der Waals surface area contributed by atoms with E-state index in [4.69, 9.17) is 4.74 Å². The zero-order valence-corrected chi connectivity index (χ0v) is 19.6. The monoisotopic (exact) mass is 511 g/mol. The molecule has 0 saturated carbocycles. The van der Waals surface area contributed by atoms with Crippen LogP contribution >= 0.6 is 24.0 Å². The summed E-state index contributed by atoms with van der Waals surface area (Å²) in [6, 6.07) is 8.43. The van der Waals surface area contributed by atoms with Crippen molar-refractivity contribution in [2.45, 2.75) is 25.9 Å². The molecule has 3 rings (SSSR count). The number of rotatable bonds is 7. The van der Waals surface area contributed by atoms with E-state index in [9.17, 15) is 0 Å². The lowest BCUT2D eigenvalue weighted by Gasteiger charge is -2.22. The summed E-state index contributed by atoms with van der Waals surface area (Å²) in [4.78, 5) is 7.02. The number of benzene rings is 1. The Bertz CT molecular complexity index is 836. The molecular formula is C20H30IN7O. The highest BCUT2D eigenvalue weighted by atomic mass is 127. The van der Waals surface area contributed by atoms with Crippen LogP contribution in [-0.2, 0) is 13.6 Å². The lowest BCUT2D eigenvalue weighted by atomic mass is 10.2. The SMILES string of the molecule is C=CCNC(=NCc1nnc(C)n1C)NC1CCN(c2ccccc2OC)C1.I. The molecule has 1 fully saturated rings. The highest BCUT2D eigenvalue weighted by Crippen LogP contribution is 2.30. The van der Waals surface area contributed by atoms with Crippen molar-refractivity contribution in [1.29, 1.82) is 0 Å². The standard InChI is InChI=1S/C20H29N7O.HI/c1-5-11-21-20(22-13-19-25-24-15(2)26(19)3)23-16-10-12-27(14-16)17-8-6-7-9-18(17)28-4;/h5-9,16H,1,10-14H2,2-4H3,(H2,21,22,23);1H. The molecule has 1 saturated heterocycles. The maximum Gasteiger partial charge on any atom is 0.192 e. The Hall–Kier alpha value is -2.30. The zero-order chi connectivity index (χ0) is 19.9. The molecule has 8 nitrogen and oxygen atoms in total. The zero-order valence-electron chi connectivity index (χ0n) is 17.3. The van der Waals surface area contributed by atoms with Crippen molar-refractivity contribution in [2.75, 3.05) is 31.6 Å². The van der Waals surface area contributed by atoms with Gasteiger partial charge < -0.3 is 24.8 Å². The minimum atomic E-state index is 0. The molecule has 9 heteroatoms. The van der Waals surface area contributed by atoms with Gasteiger partial charge in [0.2, 0.25) is 0 Å². The number of anilines is 1. The van der Waals surface area contributed by atoms with Gasteiger partial charge in [-0.3, -0.25) is 0 Å². The van der Waals surface area contributed by atoms with E-state index in [0.717, 1.165) is 48.6 Å². The second-order valence-electron chi connectivity index (χ2n) is 6.80. The molecule has 2 N–H and O–H groups in total. The van der Waals surface area contributed by atoms with Gasteiger partial charge in [0.05, 0.1) is 12.8 Å². The number of aliphatic imine (C=N–C) groups is 1. The summed E-state index contributed by atoms with van der Waals surface area (Å²) in [5.74, 6) is 3.37. The summed E-state index contributed by atoms with van der Waals surface area (Å²) in [7, 11) is 3.66. The van der Waals surface area contributed by atoms with Crippen molar-refractivity contribution in [3.05, 3.63) is 48.6 Å². The Morgan fingerprint density at radius 2 is 2.17 bits per heavy atom. The highest BCUT2D eigenvalue weighted by Gasteiger charge is 2.25. The van der Waals surface area contributed by atoms with E-state index in [-0.39, 0.29) is 24.0 Å². The van der Waals surface area contributed by atoms with E-state index in [2.05, 4.69) is 43.4 Å². The van der Waals surface area contributed by atoms with Crippen LogP contribution in [0.3, 0.4) is 0 Å². The first-order valence-electron chi connectivity index (χ1n) is 9.51. The molecule has 1 aliphatic heterocycles. The van der Waals surface area contributed by atoms with Gasteiger partial charge in [0, 0.05) is 32.7 Å². The molecule has 0 radical (unpaired) electrons. The fourth-order valence-electron chi connectivity index (χ4n) is 3.24. The summed E-state index contributed by atoms with van der Waals surface area (Å²) >= 11 is 0. The smallest absolute Gasteiger partial charge is 0.192 e. The van der Waals surface area contributed by atoms with E-state index >= 15 is 0 Å². The van der Waals surface area contributed by atoms with Crippen LogP contribution in [0.4, 0.5) is 5.69 Å². The summed E-state index contributed by atoms with van der Waals surface area (Å²) in [5.41, 5.74) is 1.13. The van der Waals surface area contributed by atoms with Crippen molar-refractivity contribution in [3.8, 4) is 5.75 Å². The number of methoxy groups -OCH3 is 1. The number of halogens is 1. The molecule has 1 aromatic carbocycles. The van der Waals surface area contributed by atoms with E-state index in [1.807, 2.05) is 42.8 Å². The van der Waals surface area contributed by atoms with Crippen LogP contribution in [0.1, 0.15) is 18.1 Å². The number of aromatic nitrogens is 3. The summed E-state index contributed by atoms with van der Waals surface area (Å²) < 4.78 is 7.46. The number of hydrogen-bond donors (Lipinski definition) is 2. The van der Waals surface area contributed by atoms with Crippen molar-refractivity contribution < 1.29 is 4.74 Å². The normalized spacial score (nSPS) is 16.3. The van der Waals surface area contributed by atoms with Crippen LogP contribution in [0.15, 0.2) is 41.9 Å². The number of hydrogen-bond acceptors (Lipinski definition) is 5. The first-order chi connectivity index (χ1) is 13.6. The van der Waals surface area contributed by atoms with Gasteiger partial charge in [0.1, 0.15) is 18.1 Å². The van der Waals surface area contributed by atoms with Crippen LogP contribution in [-0.4, -0.2) is 53.5 Å². The van der Waals surface area contributed by atoms with E-state index in [1.165, 1.54) is 0 Å². The molecular weight excluding hydrogens is 481 g/mol. The largest absolute Gasteiger partial charge is 0.495 e. The van der Waals surface area contributed by atoms with Gasteiger partial charge in [-0.05, 0) is 25.5 Å². The summed E-state index contributed by atoms with van der Waals surface area (Å²) in [5, 5.41) is 15.1. The van der Waals surface area contributed by atoms with Gasteiger partial charge in [0.25, 0.3) is 0 Å². The second kappa shape index (κ2) is 11.0. The molecule has 2 aromatic rings. The molecule has 0 spiro atoms. The number of ether oxygens (including phenoxy) is 1. The average Bonchev–Trinajstić information content (AvgIpc) is 3.31.